The molecule has 180 valence electrons. The van der Waals surface area contributed by atoms with E-state index in [4.69, 9.17) is 0 Å². The van der Waals surface area contributed by atoms with Gasteiger partial charge in [0, 0.05) is 50.8 Å². The number of aromatic nitrogens is 2. The zero-order valence-corrected chi connectivity index (χ0v) is 20.5. The number of piperidine rings is 1. The fraction of sp³-hybridized carbons (Fsp3) is 0.667. The molecule has 3 heterocycles. The van der Waals surface area contributed by atoms with Crippen molar-refractivity contribution in [2.24, 2.45) is 13.0 Å². The molecular formula is C27H40N4O2. The fourth-order valence-electron chi connectivity index (χ4n) is 6.63. The van der Waals surface area contributed by atoms with Gasteiger partial charge in [-0.1, -0.05) is 6.07 Å². The van der Waals surface area contributed by atoms with Gasteiger partial charge in [0.25, 0.3) is 0 Å². The lowest BCUT2D eigenvalue weighted by Crippen LogP contribution is -2.68. The third-order valence-electron chi connectivity index (χ3n) is 8.93. The first-order valence-electron chi connectivity index (χ1n) is 12.8. The lowest BCUT2D eigenvalue weighted by molar-refractivity contribution is -0.136. The first kappa shape index (κ1) is 22.9. The van der Waals surface area contributed by atoms with Crippen LogP contribution in [0.25, 0.3) is 0 Å². The van der Waals surface area contributed by atoms with Gasteiger partial charge < -0.3 is 19.7 Å². The summed E-state index contributed by atoms with van der Waals surface area (Å²) in [4.78, 5) is 9.57. The number of aliphatic hydroxyl groups is 1. The van der Waals surface area contributed by atoms with Crippen molar-refractivity contribution >= 4 is 0 Å². The van der Waals surface area contributed by atoms with Crippen molar-refractivity contribution in [1.82, 2.24) is 19.4 Å². The molecular weight excluding hydrogens is 412 g/mol. The molecule has 2 N–H and O–H groups in total. The first-order valence-corrected chi connectivity index (χ1v) is 12.8. The number of phenols is 1. The van der Waals surface area contributed by atoms with E-state index in [0.29, 0.717) is 5.75 Å². The third kappa shape index (κ3) is 4.22. The van der Waals surface area contributed by atoms with Crippen LogP contribution in [0, 0.1) is 12.8 Å². The summed E-state index contributed by atoms with van der Waals surface area (Å²) in [7, 11) is 2.01. The Hall–Kier alpha value is -1.89. The molecule has 1 aromatic heterocycles. The average Bonchev–Trinajstić information content (AvgIpc) is 3.54. The van der Waals surface area contributed by atoms with Gasteiger partial charge in [-0.3, -0.25) is 4.90 Å². The largest absolute Gasteiger partial charge is 0.508 e. The molecule has 1 saturated carbocycles. The molecule has 0 bridgehead atoms. The smallest absolute Gasteiger partial charge is 0.115 e. The second-order valence-corrected chi connectivity index (χ2v) is 11.0. The Kier molecular flexibility index (Phi) is 6.04. The highest BCUT2D eigenvalue weighted by molar-refractivity contribution is 5.43. The maximum absolute atomic E-state index is 12.6. The number of benzene rings is 1. The molecule has 0 spiro atoms. The molecule has 1 aliphatic carbocycles. The molecule has 33 heavy (non-hydrogen) atoms. The van der Waals surface area contributed by atoms with Crippen LogP contribution in [0.2, 0.25) is 0 Å². The summed E-state index contributed by atoms with van der Waals surface area (Å²) in [5, 5.41) is 23.0. The molecule has 0 amide bonds. The van der Waals surface area contributed by atoms with Crippen molar-refractivity contribution in [2.75, 3.05) is 32.7 Å². The maximum atomic E-state index is 12.6. The Morgan fingerprint density at radius 3 is 2.61 bits per heavy atom. The summed E-state index contributed by atoms with van der Waals surface area (Å²) in [6.07, 6.45) is 10.2. The van der Waals surface area contributed by atoms with Gasteiger partial charge in [0.15, 0.2) is 0 Å². The van der Waals surface area contributed by atoms with E-state index in [0.717, 1.165) is 75.6 Å². The molecule has 6 nitrogen and oxygen atoms in total. The highest BCUT2D eigenvalue weighted by atomic mass is 16.3. The highest BCUT2D eigenvalue weighted by Crippen LogP contribution is 2.53. The predicted octanol–water partition coefficient (Wildman–Crippen LogP) is 3.25. The molecule has 2 aliphatic heterocycles. The van der Waals surface area contributed by atoms with Crippen molar-refractivity contribution < 1.29 is 10.2 Å². The quantitative estimate of drug-likeness (QED) is 0.705. The normalized spacial score (nSPS) is 31.3. The average molecular weight is 453 g/mol. The van der Waals surface area contributed by atoms with Crippen LogP contribution in [0.15, 0.2) is 30.7 Å². The lowest BCUT2D eigenvalue weighted by atomic mass is 9.57. The number of hydrogen-bond donors (Lipinski definition) is 2. The standard InChI is InChI=1S/C27H40N4O2/c1-20-4-7-24(32)16-25(20)26-9-13-30(12-8-23-18-29(3)19-28-23)14-11-27(26,33)21(2)31(15-10-26)17-22-5-6-22/h4,7,16,18-19,21-22,32-33H,5-6,8-15,17H2,1-3H3. The number of fused-ring (bicyclic) bond motifs is 1. The zero-order valence-electron chi connectivity index (χ0n) is 20.5. The molecule has 3 aliphatic rings. The molecule has 3 atom stereocenters. The second kappa shape index (κ2) is 8.71. The summed E-state index contributed by atoms with van der Waals surface area (Å²) in [5.41, 5.74) is 2.29. The van der Waals surface area contributed by atoms with Crippen molar-refractivity contribution in [3.8, 4) is 5.75 Å². The number of rotatable bonds is 6. The number of hydrogen-bond acceptors (Lipinski definition) is 5. The second-order valence-electron chi connectivity index (χ2n) is 11.0. The highest BCUT2D eigenvalue weighted by Gasteiger charge is 2.59. The van der Waals surface area contributed by atoms with Crippen LogP contribution in [0.4, 0.5) is 0 Å². The molecule has 6 heteroatoms. The summed E-state index contributed by atoms with van der Waals surface area (Å²) in [6.45, 7) is 9.32. The Morgan fingerprint density at radius 1 is 1.12 bits per heavy atom. The summed E-state index contributed by atoms with van der Waals surface area (Å²) in [6, 6.07) is 5.83. The minimum atomic E-state index is -0.821. The van der Waals surface area contributed by atoms with E-state index in [1.807, 2.05) is 30.1 Å². The lowest BCUT2D eigenvalue weighted by Gasteiger charge is -2.58. The van der Waals surface area contributed by atoms with Crippen molar-refractivity contribution in [3.05, 3.63) is 47.5 Å². The Morgan fingerprint density at radius 2 is 1.88 bits per heavy atom. The van der Waals surface area contributed by atoms with E-state index >= 15 is 0 Å². The van der Waals surface area contributed by atoms with Crippen LogP contribution in [0.5, 0.6) is 5.75 Å². The van der Waals surface area contributed by atoms with Crippen LogP contribution < -0.4 is 0 Å². The van der Waals surface area contributed by atoms with Gasteiger partial charge >= 0.3 is 0 Å². The van der Waals surface area contributed by atoms with Crippen molar-refractivity contribution in [1.29, 1.82) is 0 Å². The summed E-state index contributed by atoms with van der Waals surface area (Å²) in [5.74, 6) is 1.11. The Balaban J connectivity index is 1.45. The van der Waals surface area contributed by atoms with Gasteiger partial charge in [-0.05, 0) is 88.2 Å². The maximum Gasteiger partial charge on any atom is 0.115 e. The number of phenolic OH excluding ortho intramolecular Hbond substituents is 1. The molecule has 1 aromatic carbocycles. The van der Waals surface area contributed by atoms with Crippen LogP contribution in [0.1, 0.15) is 55.8 Å². The van der Waals surface area contributed by atoms with Gasteiger partial charge in [0.1, 0.15) is 5.75 Å². The number of aryl methyl sites for hydroxylation is 2. The molecule has 0 radical (unpaired) electrons. The van der Waals surface area contributed by atoms with E-state index < -0.39 is 5.60 Å². The fourth-order valence-corrected chi connectivity index (χ4v) is 6.63. The predicted molar refractivity (Wildman–Crippen MR) is 130 cm³/mol. The molecule has 3 unspecified atom stereocenters. The monoisotopic (exact) mass is 452 g/mol. The van der Waals surface area contributed by atoms with Gasteiger partial charge in [-0.2, -0.15) is 0 Å². The number of aromatic hydroxyl groups is 1. The van der Waals surface area contributed by atoms with Crippen LogP contribution in [-0.4, -0.2) is 73.9 Å². The number of likely N-dealkylation sites (tertiary alicyclic amines) is 2. The van der Waals surface area contributed by atoms with Gasteiger partial charge in [-0.15, -0.1) is 0 Å². The number of nitrogens with zero attached hydrogens (tertiary/aromatic N) is 4. The third-order valence-corrected chi connectivity index (χ3v) is 8.93. The van der Waals surface area contributed by atoms with Crippen LogP contribution in [0.3, 0.4) is 0 Å². The van der Waals surface area contributed by atoms with E-state index in [1.54, 1.807) is 6.07 Å². The minimum absolute atomic E-state index is 0.101. The van der Waals surface area contributed by atoms with E-state index in [9.17, 15) is 10.2 Å². The minimum Gasteiger partial charge on any atom is -0.508 e. The Bertz CT molecular complexity index is 986. The van der Waals surface area contributed by atoms with Crippen molar-refractivity contribution in [2.45, 2.75) is 69.4 Å². The van der Waals surface area contributed by atoms with Crippen LogP contribution >= 0.6 is 0 Å². The van der Waals surface area contributed by atoms with Gasteiger partial charge in [-0.25, -0.2) is 4.98 Å². The van der Waals surface area contributed by atoms with E-state index in [-0.39, 0.29) is 11.5 Å². The zero-order chi connectivity index (χ0) is 23.2. The van der Waals surface area contributed by atoms with Gasteiger partial charge in [0.05, 0.1) is 17.6 Å². The van der Waals surface area contributed by atoms with E-state index in [1.165, 1.54) is 18.4 Å². The molecule has 2 saturated heterocycles. The van der Waals surface area contributed by atoms with Crippen LogP contribution in [-0.2, 0) is 18.9 Å². The SMILES string of the molecule is Cc1ccc(O)cc1C12CCN(CCc3cn(C)cn3)CCC1(O)C(C)N(CC1CC1)CC2. The summed E-state index contributed by atoms with van der Waals surface area (Å²) < 4.78 is 2.00. The number of imidazole rings is 1. The molecule has 5 rings (SSSR count). The molecule has 3 fully saturated rings. The van der Waals surface area contributed by atoms with Crippen molar-refractivity contribution in [3.63, 3.8) is 0 Å². The molecule has 2 aromatic rings. The topological polar surface area (TPSA) is 64.8 Å². The van der Waals surface area contributed by atoms with Gasteiger partial charge in [0.2, 0.25) is 0 Å². The first-order chi connectivity index (χ1) is 15.8. The van der Waals surface area contributed by atoms with E-state index in [2.05, 4.69) is 34.8 Å². The Labute approximate surface area is 198 Å². The summed E-state index contributed by atoms with van der Waals surface area (Å²) >= 11 is 0.